The van der Waals surface area contributed by atoms with Crippen LogP contribution in [-0.2, 0) is 19.5 Å². The Kier molecular flexibility index (Phi) is 4.05. The van der Waals surface area contributed by atoms with E-state index >= 15 is 0 Å². The first-order chi connectivity index (χ1) is 8.83. The average Bonchev–Trinajstić information content (AvgIpc) is 2.87. The van der Waals surface area contributed by atoms with E-state index in [4.69, 9.17) is 9.68 Å². The van der Waals surface area contributed by atoms with Crippen molar-refractivity contribution in [3.05, 3.63) is 47.4 Å². The molecule has 0 aromatic carbocycles. The first kappa shape index (κ1) is 12.3. The molecule has 5 nitrogen and oxygen atoms in total. The summed E-state index contributed by atoms with van der Waals surface area (Å²) in [7, 11) is 0. The number of hydrogen-bond donors (Lipinski definition) is 1. The normalized spacial score (nSPS) is 10.2. The molecule has 0 amide bonds. The second-order valence-corrected chi connectivity index (χ2v) is 3.80. The maximum Gasteiger partial charge on any atom is 0.208 e. The molecule has 0 saturated carbocycles. The number of oxazole rings is 1. The fourth-order valence-corrected chi connectivity index (χ4v) is 1.58. The monoisotopic (exact) mass is 242 g/mol. The van der Waals surface area contributed by atoms with Crippen molar-refractivity contribution in [3.8, 4) is 6.07 Å². The van der Waals surface area contributed by atoms with Gasteiger partial charge in [0.1, 0.15) is 17.5 Å². The van der Waals surface area contributed by atoms with Crippen LogP contribution in [0, 0.1) is 11.3 Å². The lowest BCUT2D eigenvalue weighted by Crippen LogP contribution is -2.14. The highest BCUT2D eigenvalue weighted by atomic mass is 16.4. The van der Waals surface area contributed by atoms with Gasteiger partial charge in [-0.3, -0.25) is 0 Å². The van der Waals surface area contributed by atoms with Crippen LogP contribution >= 0.6 is 0 Å². The third kappa shape index (κ3) is 2.93. The van der Waals surface area contributed by atoms with Gasteiger partial charge in [-0.1, -0.05) is 13.0 Å². The Morgan fingerprint density at radius 3 is 3.00 bits per heavy atom. The summed E-state index contributed by atoms with van der Waals surface area (Å²) >= 11 is 0. The van der Waals surface area contributed by atoms with Gasteiger partial charge in [-0.05, 0) is 6.07 Å². The number of aromatic nitrogens is 2. The summed E-state index contributed by atoms with van der Waals surface area (Å²) in [4.78, 5) is 8.15. The highest BCUT2D eigenvalue weighted by molar-refractivity contribution is 5.30. The van der Waals surface area contributed by atoms with Gasteiger partial charge in [-0.2, -0.15) is 5.26 Å². The molecule has 2 aromatic rings. The summed E-state index contributed by atoms with van der Waals surface area (Å²) in [5, 5.41) is 12.1. The molecule has 92 valence electrons. The van der Waals surface area contributed by atoms with Crippen molar-refractivity contribution >= 4 is 0 Å². The predicted molar refractivity (Wildman–Crippen MR) is 65.4 cm³/mol. The molecule has 0 fully saturated rings. The Bertz CT molecular complexity index is 556. The topological polar surface area (TPSA) is 74.7 Å². The van der Waals surface area contributed by atoms with Crippen molar-refractivity contribution < 1.29 is 4.42 Å². The van der Waals surface area contributed by atoms with Gasteiger partial charge in [0.25, 0.3) is 0 Å². The molecular formula is C13H14N4O. The van der Waals surface area contributed by atoms with E-state index in [0.717, 1.165) is 17.7 Å². The quantitative estimate of drug-likeness (QED) is 0.865. The van der Waals surface area contributed by atoms with Crippen LogP contribution < -0.4 is 5.32 Å². The number of hydrogen-bond acceptors (Lipinski definition) is 5. The molecule has 2 heterocycles. The van der Waals surface area contributed by atoms with Crippen LogP contribution in [0.25, 0.3) is 0 Å². The van der Waals surface area contributed by atoms with Gasteiger partial charge in [0, 0.05) is 24.7 Å². The number of rotatable bonds is 5. The maximum absolute atomic E-state index is 8.90. The lowest BCUT2D eigenvalue weighted by molar-refractivity contribution is 0.439. The summed E-state index contributed by atoms with van der Waals surface area (Å²) in [6.07, 6.45) is 4.19. The first-order valence-corrected chi connectivity index (χ1v) is 5.81. The molecule has 18 heavy (non-hydrogen) atoms. The summed E-state index contributed by atoms with van der Waals surface area (Å²) in [5.41, 5.74) is 1.33. The molecule has 0 unspecified atom stereocenters. The third-order valence-corrected chi connectivity index (χ3v) is 2.54. The van der Waals surface area contributed by atoms with Crippen LogP contribution in [0.4, 0.5) is 0 Å². The molecule has 0 aliphatic heterocycles. The largest absolute Gasteiger partial charge is 0.444 e. The Balaban J connectivity index is 1.90. The lowest BCUT2D eigenvalue weighted by Gasteiger charge is -2.03. The van der Waals surface area contributed by atoms with E-state index in [9.17, 15) is 0 Å². The van der Waals surface area contributed by atoms with E-state index in [-0.39, 0.29) is 0 Å². The van der Waals surface area contributed by atoms with Gasteiger partial charge >= 0.3 is 0 Å². The van der Waals surface area contributed by atoms with Gasteiger partial charge < -0.3 is 9.73 Å². The van der Waals surface area contributed by atoms with Crippen molar-refractivity contribution in [2.75, 3.05) is 0 Å². The van der Waals surface area contributed by atoms with Gasteiger partial charge in [0.15, 0.2) is 0 Å². The standard InChI is InChI=1S/C13H14N4O/c1-2-11-8-17-13(18-11)9-15-7-10-4-3-5-16-12(10)6-14/h3-5,8,15H,2,7,9H2,1H3. The zero-order chi connectivity index (χ0) is 12.8. The minimum atomic E-state index is 0.451. The number of pyridine rings is 1. The van der Waals surface area contributed by atoms with Gasteiger partial charge in [-0.25, -0.2) is 9.97 Å². The molecule has 5 heteroatoms. The van der Waals surface area contributed by atoms with Crippen molar-refractivity contribution in [3.63, 3.8) is 0 Å². The Morgan fingerprint density at radius 2 is 2.28 bits per heavy atom. The molecule has 2 aromatic heterocycles. The van der Waals surface area contributed by atoms with Crippen molar-refractivity contribution in [1.82, 2.24) is 15.3 Å². The van der Waals surface area contributed by atoms with Gasteiger partial charge in [0.2, 0.25) is 5.89 Å². The van der Waals surface area contributed by atoms with Crippen LogP contribution in [0.15, 0.2) is 28.9 Å². The van der Waals surface area contributed by atoms with Crippen LogP contribution in [0.3, 0.4) is 0 Å². The molecule has 0 aliphatic rings. The van der Waals surface area contributed by atoms with E-state index in [2.05, 4.69) is 21.4 Å². The first-order valence-electron chi connectivity index (χ1n) is 5.81. The molecular weight excluding hydrogens is 228 g/mol. The Hall–Kier alpha value is -2.19. The summed E-state index contributed by atoms with van der Waals surface area (Å²) in [5.74, 6) is 1.54. The van der Waals surface area contributed by atoms with E-state index in [1.54, 1.807) is 12.4 Å². The SMILES string of the molecule is CCc1cnc(CNCc2cccnc2C#N)o1. The molecule has 0 spiro atoms. The summed E-state index contributed by atoms with van der Waals surface area (Å²) in [6.45, 7) is 3.13. The van der Waals surface area contributed by atoms with E-state index < -0.39 is 0 Å². The summed E-state index contributed by atoms with van der Waals surface area (Å²) in [6, 6.07) is 5.77. The van der Waals surface area contributed by atoms with Crippen LogP contribution in [-0.4, -0.2) is 9.97 Å². The Labute approximate surface area is 105 Å². The van der Waals surface area contributed by atoms with Crippen molar-refractivity contribution in [2.45, 2.75) is 26.4 Å². The Morgan fingerprint density at radius 1 is 1.39 bits per heavy atom. The predicted octanol–water partition coefficient (Wildman–Crippen LogP) is 1.79. The second kappa shape index (κ2) is 5.94. The molecule has 0 saturated heterocycles. The lowest BCUT2D eigenvalue weighted by atomic mass is 10.2. The smallest absolute Gasteiger partial charge is 0.208 e. The highest BCUT2D eigenvalue weighted by Gasteiger charge is 2.04. The van der Waals surface area contributed by atoms with E-state index in [1.165, 1.54) is 0 Å². The van der Waals surface area contributed by atoms with Gasteiger partial charge in [0.05, 0.1) is 12.7 Å². The fraction of sp³-hybridized carbons (Fsp3) is 0.308. The zero-order valence-corrected chi connectivity index (χ0v) is 10.2. The van der Waals surface area contributed by atoms with Crippen LogP contribution in [0.5, 0.6) is 0 Å². The van der Waals surface area contributed by atoms with Crippen LogP contribution in [0.1, 0.15) is 29.8 Å². The van der Waals surface area contributed by atoms with Crippen LogP contribution in [0.2, 0.25) is 0 Å². The summed E-state index contributed by atoms with van der Waals surface area (Å²) < 4.78 is 5.47. The number of nitrogens with one attached hydrogen (secondary N) is 1. The molecule has 0 aliphatic carbocycles. The molecule has 1 N–H and O–H groups in total. The van der Waals surface area contributed by atoms with E-state index in [0.29, 0.717) is 24.7 Å². The van der Waals surface area contributed by atoms with Crippen molar-refractivity contribution in [2.24, 2.45) is 0 Å². The second-order valence-electron chi connectivity index (χ2n) is 3.80. The van der Waals surface area contributed by atoms with Gasteiger partial charge in [-0.15, -0.1) is 0 Å². The average molecular weight is 242 g/mol. The molecule has 2 rings (SSSR count). The zero-order valence-electron chi connectivity index (χ0n) is 10.2. The molecule has 0 radical (unpaired) electrons. The van der Waals surface area contributed by atoms with E-state index in [1.807, 2.05) is 19.1 Å². The molecule has 0 atom stereocenters. The number of aryl methyl sites for hydroxylation is 1. The maximum atomic E-state index is 8.90. The third-order valence-electron chi connectivity index (χ3n) is 2.54. The highest BCUT2D eigenvalue weighted by Crippen LogP contribution is 2.06. The minimum absolute atomic E-state index is 0.451. The number of nitriles is 1. The minimum Gasteiger partial charge on any atom is -0.444 e. The van der Waals surface area contributed by atoms with Crippen molar-refractivity contribution in [1.29, 1.82) is 5.26 Å². The fourth-order valence-electron chi connectivity index (χ4n) is 1.58. The number of nitrogens with zero attached hydrogens (tertiary/aromatic N) is 3. The molecule has 0 bridgehead atoms.